The van der Waals surface area contributed by atoms with Crippen LogP contribution in [0.2, 0.25) is 10.0 Å². The molecule has 0 aromatic heterocycles. The molecule has 0 N–H and O–H groups in total. The molecule has 0 heterocycles. The van der Waals surface area contributed by atoms with Gasteiger partial charge in [-0.2, -0.15) is 0 Å². The molecule has 1 aromatic rings. The molecule has 6 heteroatoms. The molecule has 78 valence electrons. The number of ether oxygens (including phenoxy) is 1. The van der Waals surface area contributed by atoms with Gasteiger partial charge in [0.25, 0.3) is 5.91 Å². The lowest BCUT2D eigenvalue weighted by atomic mass is 10.3. The van der Waals surface area contributed by atoms with E-state index in [1.807, 2.05) is 0 Å². The van der Waals surface area contributed by atoms with Gasteiger partial charge in [-0.25, -0.2) is 4.79 Å². The molecule has 15 heavy (non-hydrogen) atoms. The zero-order chi connectivity index (χ0) is 11.3. The average molecular weight is 246 g/mol. The smallest absolute Gasteiger partial charge is 0.294 e. The molecule has 0 saturated heterocycles. The molecule has 0 aliphatic carbocycles. The lowest BCUT2D eigenvalue weighted by Crippen LogP contribution is -2.08. The number of halogens is 2. The quantitative estimate of drug-likeness (QED) is 0.607. The van der Waals surface area contributed by atoms with Crippen LogP contribution in [0.15, 0.2) is 23.2 Å². The van der Waals surface area contributed by atoms with Gasteiger partial charge in [-0.05, 0) is 12.1 Å². The summed E-state index contributed by atoms with van der Waals surface area (Å²) in [6.45, 7) is -0.340. The van der Waals surface area contributed by atoms with Crippen LogP contribution >= 0.6 is 23.2 Å². The summed E-state index contributed by atoms with van der Waals surface area (Å²) in [4.78, 5) is 23.3. The second-order valence-corrected chi connectivity index (χ2v) is 3.28. The fraction of sp³-hybridized carbons (Fsp3) is 0.111. The molecule has 0 aliphatic rings. The first kappa shape index (κ1) is 11.7. The van der Waals surface area contributed by atoms with Crippen LogP contribution in [-0.2, 0) is 9.59 Å². The zero-order valence-corrected chi connectivity index (χ0v) is 8.88. The minimum Gasteiger partial charge on any atom is -0.484 e. The van der Waals surface area contributed by atoms with E-state index in [1.165, 1.54) is 12.1 Å². The summed E-state index contributed by atoms with van der Waals surface area (Å²) in [5.74, 6) is -0.338. The second kappa shape index (κ2) is 5.51. The molecular formula is C9H5Cl2NO3. The molecule has 4 nitrogen and oxygen atoms in total. The molecule has 0 fully saturated rings. The standard InChI is InChI=1S/C9H5Cl2NO3/c10-7-2-1-6(3-8(7)11)15-4-9(14)12-5-13/h1-3H,4H2. The highest BCUT2D eigenvalue weighted by Crippen LogP contribution is 2.26. The molecular weight excluding hydrogens is 241 g/mol. The molecule has 0 atom stereocenters. The number of carbonyl (C=O) groups is 1. The van der Waals surface area contributed by atoms with Crippen molar-refractivity contribution < 1.29 is 14.3 Å². The highest BCUT2D eigenvalue weighted by molar-refractivity contribution is 6.42. The predicted molar refractivity (Wildman–Crippen MR) is 55.1 cm³/mol. The molecule has 1 aromatic carbocycles. The maximum absolute atomic E-state index is 10.8. The van der Waals surface area contributed by atoms with E-state index in [0.29, 0.717) is 15.8 Å². The Bertz CT molecular complexity index is 427. The van der Waals surface area contributed by atoms with Crippen molar-refractivity contribution in [3.8, 4) is 5.75 Å². The highest BCUT2D eigenvalue weighted by atomic mass is 35.5. The van der Waals surface area contributed by atoms with E-state index in [0.717, 1.165) is 6.08 Å². The Labute approximate surface area is 95.5 Å². The van der Waals surface area contributed by atoms with Crippen LogP contribution in [0.4, 0.5) is 0 Å². The van der Waals surface area contributed by atoms with Crippen LogP contribution in [0.5, 0.6) is 5.75 Å². The fourth-order valence-electron chi connectivity index (χ4n) is 0.795. The number of nitrogens with zero attached hydrogens (tertiary/aromatic N) is 1. The topological polar surface area (TPSA) is 55.7 Å². The summed E-state index contributed by atoms with van der Waals surface area (Å²) in [6, 6.07) is 4.54. The zero-order valence-electron chi connectivity index (χ0n) is 7.37. The van der Waals surface area contributed by atoms with E-state index >= 15 is 0 Å². The van der Waals surface area contributed by atoms with E-state index < -0.39 is 5.91 Å². The van der Waals surface area contributed by atoms with Crippen molar-refractivity contribution in [1.29, 1.82) is 0 Å². The van der Waals surface area contributed by atoms with Crippen LogP contribution in [0, 0.1) is 0 Å². The molecule has 0 radical (unpaired) electrons. The number of hydrogen-bond acceptors (Lipinski definition) is 3. The monoisotopic (exact) mass is 245 g/mol. The maximum Gasteiger partial charge on any atom is 0.294 e. The van der Waals surface area contributed by atoms with Gasteiger partial charge in [-0.15, -0.1) is 4.99 Å². The summed E-state index contributed by atoms with van der Waals surface area (Å²) < 4.78 is 4.99. The lowest BCUT2D eigenvalue weighted by Gasteiger charge is -2.03. The largest absolute Gasteiger partial charge is 0.484 e. The minimum atomic E-state index is -0.712. The van der Waals surface area contributed by atoms with Crippen molar-refractivity contribution in [1.82, 2.24) is 0 Å². The van der Waals surface area contributed by atoms with Crippen molar-refractivity contribution in [2.75, 3.05) is 6.61 Å². The highest BCUT2D eigenvalue weighted by Gasteiger charge is 2.03. The number of hydrogen-bond donors (Lipinski definition) is 0. The third-order valence-corrected chi connectivity index (χ3v) is 2.16. The van der Waals surface area contributed by atoms with Gasteiger partial charge in [0.05, 0.1) is 10.0 Å². The number of isocyanates is 1. The van der Waals surface area contributed by atoms with E-state index in [2.05, 4.69) is 4.99 Å². The van der Waals surface area contributed by atoms with Gasteiger partial charge in [0, 0.05) is 6.07 Å². The van der Waals surface area contributed by atoms with Crippen molar-refractivity contribution >= 4 is 35.2 Å². The second-order valence-electron chi connectivity index (χ2n) is 2.46. The van der Waals surface area contributed by atoms with Gasteiger partial charge >= 0.3 is 0 Å². The lowest BCUT2D eigenvalue weighted by molar-refractivity contribution is -0.119. The Morgan fingerprint density at radius 2 is 2.13 bits per heavy atom. The fourth-order valence-corrected chi connectivity index (χ4v) is 1.08. The first-order valence-electron chi connectivity index (χ1n) is 3.82. The summed E-state index contributed by atoms with van der Waals surface area (Å²) in [7, 11) is 0. The Kier molecular flexibility index (Phi) is 4.31. The number of aliphatic imine (C=N–C) groups is 1. The van der Waals surface area contributed by atoms with Crippen molar-refractivity contribution in [2.45, 2.75) is 0 Å². The first-order valence-corrected chi connectivity index (χ1v) is 4.57. The van der Waals surface area contributed by atoms with E-state index in [9.17, 15) is 9.59 Å². The number of rotatable bonds is 3. The molecule has 0 saturated carbocycles. The van der Waals surface area contributed by atoms with E-state index in [-0.39, 0.29) is 6.61 Å². The predicted octanol–water partition coefficient (Wildman–Crippen LogP) is 2.23. The summed E-state index contributed by atoms with van der Waals surface area (Å²) in [5.41, 5.74) is 0. The molecule has 1 rings (SSSR count). The van der Waals surface area contributed by atoms with Crippen LogP contribution < -0.4 is 4.74 Å². The van der Waals surface area contributed by atoms with E-state index in [1.54, 1.807) is 6.07 Å². The van der Waals surface area contributed by atoms with Crippen LogP contribution in [0.1, 0.15) is 0 Å². The van der Waals surface area contributed by atoms with E-state index in [4.69, 9.17) is 27.9 Å². The number of amides is 1. The Hall–Kier alpha value is -1.35. The number of carbonyl (C=O) groups excluding carboxylic acids is 2. The SMILES string of the molecule is O=C=NC(=O)COc1ccc(Cl)c(Cl)c1. The molecule has 0 unspecified atom stereocenters. The first-order chi connectivity index (χ1) is 7.13. The van der Waals surface area contributed by atoms with Gasteiger partial charge in [-0.1, -0.05) is 23.2 Å². The normalized spacial score (nSPS) is 9.20. The van der Waals surface area contributed by atoms with Crippen LogP contribution in [0.3, 0.4) is 0 Å². The summed E-state index contributed by atoms with van der Waals surface area (Å²) >= 11 is 11.4. The third-order valence-electron chi connectivity index (χ3n) is 1.42. The summed E-state index contributed by atoms with van der Waals surface area (Å²) in [6.07, 6.45) is 1.12. The van der Waals surface area contributed by atoms with Gasteiger partial charge in [-0.3, -0.25) is 4.79 Å². The average Bonchev–Trinajstić information content (AvgIpc) is 2.20. The van der Waals surface area contributed by atoms with Crippen LogP contribution in [0.25, 0.3) is 0 Å². The Morgan fingerprint density at radius 1 is 1.40 bits per heavy atom. The van der Waals surface area contributed by atoms with Crippen LogP contribution in [-0.4, -0.2) is 18.6 Å². The third kappa shape index (κ3) is 3.72. The Balaban J connectivity index is 2.62. The van der Waals surface area contributed by atoms with Crippen molar-refractivity contribution in [3.63, 3.8) is 0 Å². The van der Waals surface area contributed by atoms with Gasteiger partial charge in [0.15, 0.2) is 6.61 Å². The number of benzene rings is 1. The van der Waals surface area contributed by atoms with Gasteiger partial charge in [0.2, 0.25) is 6.08 Å². The molecule has 0 spiro atoms. The molecule has 1 amide bonds. The van der Waals surface area contributed by atoms with Crippen molar-refractivity contribution in [2.24, 2.45) is 4.99 Å². The molecule has 0 bridgehead atoms. The van der Waals surface area contributed by atoms with Gasteiger partial charge in [0.1, 0.15) is 5.75 Å². The van der Waals surface area contributed by atoms with Gasteiger partial charge < -0.3 is 4.74 Å². The maximum atomic E-state index is 10.8. The molecule has 0 aliphatic heterocycles. The Morgan fingerprint density at radius 3 is 2.73 bits per heavy atom. The van der Waals surface area contributed by atoms with Crippen molar-refractivity contribution in [3.05, 3.63) is 28.2 Å². The summed E-state index contributed by atoms with van der Waals surface area (Å²) in [5, 5.41) is 0.710. The minimum absolute atomic E-state index is 0.320.